The molecule has 1 amide bonds. The van der Waals surface area contributed by atoms with Gasteiger partial charge in [-0.15, -0.1) is 0 Å². The number of carbonyl (C=O) groups is 1. The van der Waals surface area contributed by atoms with Crippen LogP contribution in [0.15, 0.2) is 79.0 Å². The fourth-order valence-electron chi connectivity index (χ4n) is 3.76. The molecule has 1 aromatic heterocycles. The molecular formula is C24H26N4O. The van der Waals surface area contributed by atoms with Crippen molar-refractivity contribution in [3.63, 3.8) is 0 Å². The second-order valence-electron chi connectivity index (χ2n) is 7.38. The lowest BCUT2D eigenvalue weighted by atomic mass is 10.0. The van der Waals surface area contributed by atoms with Crippen molar-refractivity contribution in [3.8, 4) is 0 Å². The second kappa shape index (κ2) is 8.88. The molecule has 2 aromatic carbocycles. The van der Waals surface area contributed by atoms with Gasteiger partial charge in [0.15, 0.2) is 0 Å². The third kappa shape index (κ3) is 4.63. The van der Waals surface area contributed by atoms with E-state index >= 15 is 0 Å². The topological polar surface area (TPSA) is 48.5 Å². The van der Waals surface area contributed by atoms with E-state index in [9.17, 15) is 4.79 Å². The number of pyridine rings is 1. The van der Waals surface area contributed by atoms with Crippen LogP contribution in [0.5, 0.6) is 0 Å². The van der Waals surface area contributed by atoms with Gasteiger partial charge in [-0.3, -0.25) is 9.69 Å². The van der Waals surface area contributed by atoms with Crippen molar-refractivity contribution >= 4 is 17.4 Å². The average Bonchev–Trinajstić information content (AvgIpc) is 2.77. The molecule has 1 fully saturated rings. The molecule has 0 aliphatic carbocycles. The summed E-state index contributed by atoms with van der Waals surface area (Å²) >= 11 is 0. The quantitative estimate of drug-likeness (QED) is 0.723. The van der Waals surface area contributed by atoms with Crippen molar-refractivity contribution in [3.05, 3.63) is 90.1 Å². The first-order valence-corrected chi connectivity index (χ1v) is 10.0. The summed E-state index contributed by atoms with van der Waals surface area (Å²) in [6.07, 6.45) is 1.82. The second-order valence-corrected chi connectivity index (χ2v) is 7.38. The van der Waals surface area contributed by atoms with Crippen LogP contribution in [0.4, 0.5) is 11.5 Å². The Hall–Kier alpha value is -3.18. The van der Waals surface area contributed by atoms with Gasteiger partial charge in [0.1, 0.15) is 11.9 Å². The Morgan fingerprint density at radius 1 is 0.897 bits per heavy atom. The molecule has 5 heteroatoms. The lowest BCUT2D eigenvalue weighted by molar-refractivity contribution is -0.121. The summed E-state index contributed by atoms with van der Waals surface area (Å²) in [7, 11) is 0. The zero-order valence-corrected chi connectivity index (χ0v) is 16.7. The van der Waals surface area contributed by atoms with Gasteiger partial charge in [0.05, 0.1) is 0 Å². The van der Waals surface area contributed by atoms with Gasteiger partial charge in [-0.05, 0) is 36.8 Å². The maximum absolute atomic E-state index is 13.3. The summed E-state index contributed by atoms with van der Waals surface area (Å²) < 4.78 is 0. The number of piperazine rings is 1. The highest BCUT2D eigenvalue weighted by atomic mass is 16.2. The van der Waals surface area contributed by atoms with E-state index in [1.165, 1.54) is 5.56 Å². The molecule has 2 heterocycles. The molecule has 0 radical (unpaired) electrons. The molecule has 1 atom stereocenters. The smallest absolute Gasteiger partial charge is 0.246 e. The Morgan fingerprint density at radius 3 is 2.24 bits per heavy atom. The first kappa shape index (κ1) is 19.2. The number of anilines is 2. The number of nitrogens with zero attached hydrogens (tertiary/aromatic N) is 3. The molecule has 1 aliphatic heterocycles. The van der Waals surface area contributed by atoms with Gasteiger partial charge in [-0.25, -0.2) is 4.98 Å². The van der Waals surface area contributed by atoms with Crippen LogP contribution in [-0.2, 0) is 4.79 Å². The van der Waals surface area contributed by atoms with Crippen molar-refractivity contribution in [2.24, 2.45) is 0 Å². The Bertz CT molecular complexity index is 920. The number of hydrogen-bond acceptors (Lipinski definition) is 4. The van der Waals surface area contributed by atoms with Gasteiger partial charge in [0.2, 0.25) is 5.91 Å². The van der Waals surface area contributed by atoms with Gasteiger partial charge in [-0.1, -0.05) is 54.1 Å². The highest BCUT2D eigenvalue weighted by molar-refractivity contribution is 5.95. The average molecular weight is 386 g/mol. The Balaban J connectivity index is 1.51. The van der Waals surface area contributed by atoms with Crippen LogP contribution in [0.1, 0.15) is 17.2 Å². The number of aromatic nitrogens is 1. The number of benzene rings is 2. The highest BCUT2D eigenvalue weighted by Crippen LogP contribution is 2.25. The van der Waals surface area contributed by atoms with Gasteiger partial charge < -0.3 is 10.2 Å². The fourth-order valence-corrected chi connectivity index (χ4v) is 3.76. The summed E-state index contributed by atoms with van der Waals surface area (Å²) in [5, 5.41) is 3.10. The van der Waals surface area contributed by atoms with Crippen LogP contribution in [0, 0.1) is 6.92 Å². The normalized spacial score (nSPS) is 15.7. The zero-order chi connectivity index (χ0) is 20.1. The monoisotopic (exact) mass is 386 g/mol. The number of carbonyl (C=O) groups excluding carboxylic acids is 1. The van der Waals surface area contributed by atoms with Gasteiger partial charge in [0.25, 0.3) is 0 Å². The number of rotatable bonds is 5. The van der Waals surface area contributed by atoms with E-state index in [4.69, 9.17) is 0 Å². The van der Waals surface area contributed by atoms with Crippen LogP contribution in [0.25, 0.3) is 0 Å². The van der Waals surface area contributed by atoms with Gasteiger partial charge in [0, 0.05) is 38.1 Å². The highest BCUT2D eigenvalue weighted by Gasteiger charge is 2.30. The van der Waals surface area contributed by atoms with Gasteiger partial charge >= 0.3 is 0 Å². The molecular weight excluding hydrogens is 360 g/mol. The van der Waals surface area contributed by atoms with Crippen molar-refractivity contribution in [2.45, 2.75) is 13.0 Å². The van der Waals surface area contributed by atoms with E-state index in [1.54, 1.807) is 0 Å². The molecule has 1 aliphatic rings. The van der Waals surface area contributed by atoms with E-state index in [1.807, 2.05) is 85.9 Å². The minimum absolute atomic E-state index is 0.00587. The SMILES string of the molecule is Cc1ccc(NC(=O)[C@@H](c2ccccc2)N2CCN(c3ccccn3)CC2)cc1. The Morgan fingerprint density at radius 2 is 1.59 bits per heavy atom. The predicted molar refractivity (Wildman–Crippen MR) is 117 cm³/mol. The van der Waals surface area contributed by atoms with Crippen molar-refractivity contribution in [2.75, 3.05) is 36.4 Å². The molecule has 0 spiro atoms. The van der Waals surface area contributed by atoms with E-state index < -0.39 is 0 Å². The number of nitrogens with one attached hydrogen (secondary N) is 1. The molecule has 5 nitrogen and oxygen atoms in total. The number of hydrogen-bond donors (Lipinski definition) is 1. The zero-order valence-electron chi connectivity index (χ0n) is 16.7. The minimum Gasteiger partial charge on any atom is -0.354 e. The molecule has 4 rings (SSSR count). The molecule has 0 saturated carbocycles. The molecule has 1 N–H and O–H groups in total. The standard InChI is InChI=1S/C24H26N4O/c1-19-10-12-21(13-11-19)26-24(29)23(20-7-3-2-4-8-20)28-17-15-27(16-18-28)22-9-5-6-14-25-22/h2-14,23H,15-18H2,1H3,(H,26,29)/t23-/m1/s1. The third-order valence-electron chi connectivity index (χ3n) is 5.34. The maximum atomic E-state index is 13.3. The summed E-state index contributed by atoms with van der Waals surface area (Å²) in [6.45, 7) is 5.34. The molecule has 0 bridgehead atoms. The molecule has 29 heavy (non-hydrogen) atoms. The minimum atomic E-state index is -0.316. The summed E-state index contributed by atoms with van der Waals surface area (Å²) in [5.41, 5.74) is 3.02. The molecule has 1 saturated heterocycles. The summed E-state index contributed by atoms with van der Waals surface area (Å²) in [5.74, 6) is 0.999. The van der Waals surface area contributed by atoms with Crippen molar-refractivity contribution in [1.82, 2.24) is 9.88 Å². The largest absolute Gasteiger partial charge is 0.354 e. The Kier molecular flexibility index (Phi) is 5.86. The summed E-state index contributed by atoms with van der Waals surface area (Å²) in [4.78, 5) is 22.3. The fraction of sp³-hybridized carbons (Fsp3) is 0.250. The van der Waals surface area contributed by atoms with E-state index in [-0.39, 0.29) is 11.9 Å². The van der Waals surface area contributed by atoms with E-state index in [0.717, 1.165) is 43.2 Å². The first-order chi connectivity index (χ1) is 14.2. The summed E-state index contributed by atoms with van der Waals surface area (Å²) in [6, 6.07) is 23.6. The van der Waals surface area contributed by atoms with Gasteiger partial charge in [-0.2, -0.15) is 0 Å². The number of aryl methyl sites for hydroxylation is 1. The maximum Gasteiger partial charge on any atom is 0.246 e. The van der Waals surface area contributed by atoms with E-state index in [2.05, 4.69) is 20.1 Å². The number of amides is 1. The van der Waals surface area contributed by atoms with Crippen LogP contribution >= 0.6 is 0 Å². The lowest BCUT2D eigenvalue weighted by Crippen LogP contribution is -2.50. The van der Waals surface area contributed by atoms with Crippen LogP contribution in [0.3, 0.4) is 0 Å². The van der Waals surface area contributed by atoms with Crippen LogP contribution in [0.2, 0.25) is 0 Å². The third-order valence-corrected chi connectivity index (χ3v) is 5.34. The first-order valence-electron chi connectivity index (χ1n) is 10.0. The van der Waals surface area contributed by atoms with Crippen molar-refractivity contribution in [1.29, 1.82) is 0 Å². The van der Waals surface area contributed by atoms with Crippen LogP contribution in [-0.4, -0.2) is 42.0 Å². The molecule has 0 unspecified atom stereocenters. The Labute approximate surface area is 172 Å². The van der Waals surface area contributed by atoms with E-state index in [0.29, 0.717) is 0 Å². The lowest BCUT2D eigenvalue weighted by Gasteiger charge is -2.39. The predicted octanol–water partition coefficient (Wildman–Crippen LogP) is 3.89. The van der Waals surface area contributed by atoms with Crippen molar-refractivity contribution < 1.29 is 4.79 Å². The van der Waals surface area contributed by atoms with Crippen LogP contribution < -0.4 is 10.2 Å². The molecule has 3 aromatic rings. The molecule has 148 valence electrons.